The summed E-state index contributed by atoms with van der Waals surface area (Å²) in [7, 11) is 0. The van der Waals surface area contributed by atoms with Gasteiger partial charge in [0.2, 0.25) is 0 Å². The van der Waals surface area contributed by atoms with E-state index in [1.165, 1.54) is 0 Å². The van der Waals surface area contributed by atoms with E-state index in [1.54, 1.807) is 0 Å². The minimum Gasteiger partial charge on any atom is -0.185 e. The molecule has 0 spiro atoms. The molecule has 0 heterocycles. The van der Waals surface area contributed by atoms with Crippen LogP contribution in [0.2, 0.25) is 0 Å². The number of allylic oxidation sites excluding steroid dienone is 1. The van der Waals surface area contributed by atoms with Gasteiger partial charge < -0.3 is 0 Å². The van der Waals surface area contributed by atoms with Crippen molar-refractivity contribution in [3.63, 3.8) is 0 Å². The monoisotopic (exact) mass is 205 g/mol. The zero-order valence-electron chi connectivity index (χ0n) is 5.22. The summed E-state index contributed by atoms with van der Waals surface area (Å²) in [5, 5.41) is 11.9. The summed E-state index contributed by atoms with van der Waals surface area (Å²) in [6.07, 6.45) is 2.14. The van der Waals surface area contributed by atoms with Crippen LogP contribution in [0.4, 0.5) is 0 Å². The van der Waals surface area contributed by atoms with Gasteiger partial charge in [0.25, 0.3) is 0 Å². The maximum absolute atomic E-state index is 8.13. The van der Waals surface area contributed by atoms with Crippen molar-refractivity contribution >= 4 is 27.7 Å². The van der Waals surface area contributed by atoms with Crippen LogP contribution in [0, 0.1) is 10.7 Å². The molecule has 0 amide bonds. The molecule has 0 N–H and O–H groups in total. The van der Waals surface area contributed by atoms with Crippen LogP contribution in [0.15, 0.2) is 9.89 Å². The first-order valence-corrected chi connectivity index (χ1v) is 4.37. The summed E-state index contributed by atoms with van der Waals surface area (Å²) in [6, 6.07) is 0. The Bertz CT molecular complexity index is 136. The van der Waals surface area contributed by atoms with Gasteiger partial charge >= 0.3 is 0 Å². The molecular formula is C6H8BrNS. The summed E-state index contributed by atoms with van der Waals surface area (Å²) in [6.45, 7) is 2.10. The van der Waals surface area contributed by atoms with Gasteiger partial charge in [-0.05, 0) is 23.6 Å². The molecule has 1 nitrogen and oxygen atoms in total. The van der Waals surface area contributed by atoms with Crippen molar-refractivity contribution in [2.24, 2.45) is 0 Å². The lowest BCUT2D eigenvalue weighted by molar-refractivity contribution is 0.952. The first kappa shape index (κ1) is 9.06. The van der Waals surface area contributed by atoms with Crippen molar-refractivity contribution < 1.29 is 0 Å². The van der Waals surface area contributed by atoms with Gasteiger partial charge in [0.1, 0.15) is 5.40 Å². The fourth-order valence-electron chi connectivity index (χ4n) is 0.388. The van der Waals surface area contributed by atoms with Gasteiger partial charge in [0, 0.05) is 4.48 Å². The Morgan fingerprint density at radius 3 is 3.00 bits per heavy atom. The number of nitrogens with zero attached hydrogens (tertiary/aromatic N) is 1. The lowest BCUT2D eigenvalue weighted by atomic mass is 10.3. The van der Waals surface area contributed by atoms with Crippen molar-refractivity contribution in [2.75, 3.05) is 0 Å². The maximum Gasteiger partial charge on any atom is 0.137 e. The minimum absolute atomic E-state index is 1.02. The molecule has 0 saturated carbocycles. The molecule has 9 heavy (non-hydrogen) atoms. The fraction of sp³-hybridized carbons (Fsp3) is 0.500. The molecule has 0 aliphatic carbocycles. The smallest absolute Gasteiger partial charge is 0.137 e. The number of hydrogen-bond acceptors (Lipinski definition) is 2. The fourth-order valence-corrected chi connectivity index (χ4v) is 1.36. The zero-order valence-corrected chi connectivity index (χ0v) is 7.63. The van der Waals surface area contributed by atoms with Crippen LogP contribution in [-0.4, -0.2) is 0 Å². The summed E-state index contributed by atoms with van der Waals surface area (Å²) >= 11 is 4.48. The van der Waals surface area contributed by atoms with E-state index in [4.69, 9.17) is 5.26 Å². The Kier molecular flexibility index (Phi) is 6.23. The van der Waals surface area contributed by atoms with Crippen LogP contribution in [0.25, 0.3) is 0 Å². The average molecular weight is 206 g/mol. The van der Waals surface area contributed by atoms with Crippen LogP contribution in [0.5, 0.6) is 0 Å². The standard InChI is InChI=1S/C6H8BrNS/c1-2-3-6(7)4-9-5-8/h4H,2-3H2,1H3. The molecule has 50 valence electrons. The van der Waals surface area contributed by atoms with E-state index < -0.39 is 0 Å². The molecule has 0 aromatic heterocycles. The molecule has 0 unspecified atom stereocenters. The normalized spacial score (nSPS) is 11.0. The topological polar surface area (TPSA) is 23.8 Å². The Morgan fingerprint density at radius 2 is 2.56 bits per heavy atom. The van der Waals surface area contributed by atoms with Crippen molar-refractivity contribution in [1.29, 1.82) is 5.26 Å². The lowest BCUT2D eigenvalue weighted by Crippen LogP contribution is -1.66. The summed E-state index contributed by atoms with van der Waals surface area (Å²) < 4.78 is 1.11. The zero-order chi connectivity index (χ0) is 7.11. The third kappa shape index (κ3) is 5.94. The Labute approximate surface area is 68.3 Å². The summed E-state index contributed by atoms with van der Waals surface area (Å²) in [5.41, 5.74) is 0. The molecule has 0 aromatic carbocycles. The molecule has 0 aliphatic heterocycles. The van der Waals surface area contributed by atoms with E-state index in [0.29, 0.717) is 0 Å². The van der Waals surface area contributed by atoms with Gasteiger partial charge in [-0.15, -0.1) is 0 Å². The average Bonchev–Trinajstić information content (AvgIpc) is 1.85. The van der Waals surface area contributed by atoms with Crippen LogP contribution in [0.3, 0.4) is 0 Å². The second-order valence-corrected chi connectivity index (χ2v) is 3.20. The Hall–Kier alpha value is 0.0600. The highest BCUT2D eigenvalue weighted by Gasteiger charge is 1.86. The molecule has 0 fully saturated rings. The van der Waals surface area contributed by atoms with Crippen molar-refractivity contribution in [3.05, 3.63) is 9.89 Å². The van der Waals surface area contributed by atoms with Gasteiger partial charge in [0.05, 0.1) is 0 Å². The predicted octanol–water partition coefficient (Wildman–Crippen LogP) is 3.24. The summed E-state index contributed by atoms with van der Waals surface area (Å²) in [4.78, 5) is 0. The third-order valence-electron chi connectivity index (χ3n) is 0.728. The van der Waals surface area contributed by atoms with E-state index in [2.05, 4.69) is 22.9 Å². The number of rotatable bonds is 3. The van der Waals surface area contributed by atoms with Crippen LogP contribution < -0.4 is 0 Å². The van der Waals surface area contributed by atoms with E-state index in [1.807, 2.05) is 10.8 Å². The molecule has 0 aromatic rings. The molecule has 0 bridgehead atoms. The van der Waals surface area contributed by atoms with Gasteiger partial charge in [-0.2, -0.15) is 5.26 Å². The van der Waals surface area contributed by atoms with Crippen molar-refractivity contribution in [1.82, 2.24) is 0 Å². The lowest BCUT2D eigenvalue weighted by Gasteiger charge is -1.89. The highest BCUT2D eigenvalue weighted by Crippen LogP contribution is 2.16. The second kappa shape index (κ2) is 6.18. The number of thioether (sulfide) groups is 1. The number of hydrogen-bond donors (Lipinski definition) is 0. The van der Waals surface area contributed by atoms with Gasteiger partial charge in [0.15, 0.2) is 0 Å². The van der Waals surface area contributed by atoms with Crippen LogP contribution in [0.1, 0.15) is 19.8 Å². The van der Waals surface area contributed by atoms with E-state index in [-0.39, 0.29) is 0 Å². The van der Waals surface area contributed by atoms with Crippen molar-refractivity contribution in [3.8, 4) is 5.40 Å². The largest absolute Gasteiger partial charge is 0.185 e. The van der Waals surface area contributed by atoms with Gasteiger partial charge in [-0.3, -0.25) is 0 Å². The SMILES string of the molecule is CCCC(Br)=CSC#N. The molecule has 0 saturated heterocycles. The first-order valence-electron chi connectivity index (χ1n) is 2.70. The van der Waals surface area contributed by atoms with Crippen LogP contribution >= 0.6 is 27.7 Å². The van der Waals surface area contributed by atoms with E-state index in [0.717, 1.165) is 29.1 Å². The van der Waals surface area contributed by atoms with Crippen LogP contribution in [-0.2, 0) is 0 Å². The maximum atomic E-state index is 8.13. The highest BCUT2D eigenvalue weighted by molar-refractivity contribution is 9.11. The van der Waals surface area contributed by atoms with Gasteiger partial charge in [-0.25, -0.2) is 0 Å². The highest BCUT2D eigenvalue weighted by atomic mass is 79.9. The first-order chi connectivity index (χ1) is 4.31. The second-order valence-electron chi connectivity index (χ2n) is 1.52. The molecule has 0 radical (unpaired) electrons. The molecule has 0 atom stereocenters. The Morgan fingerprint density at radius 1 is 1.89 bits per heavy atom. The number of nitriles is 1. The van der Waals surface area contributed by atoms with E-state index >= 15 is 0 Å². The Balaban J connectivity index is 3.45. The van der Waals surface area contributed by atoms with Crippen molar-refractivity contribution in [2.45, 2.75) is 19.8 Å². The minimum atomic E-state index is 1.02. The van der Waals surface area contributed by atoms with E-state index in [9.17, 15) is 0 Å². The quantitative estimate of drug-likeness (QED) is 0.662. The molecule has 0 aliphatic rings. The molecule has 0 rings (SSSR count). The molecule has 3 heteroatoms. The number of halogens is 1. The molecular weight excluding hydrogens is 198 g/mol. The summed E-state index contributed by atoms with van der Waals surface area (Å²) in [5.74, 6) is 0. The predicted molar refractivity (Wildman–Crippen MR) is 45.1 cm³/mol. The number of thiocyanates is 1. The third-order valence-corrected chi connectivity index (χ3v) is 2.16. The van der Waals surface area contributed by atoms with Gasteiger partial charge in [-0.1, -0.05) is 29.3 Å².